The summed E-state index contributed by atoms with van der Waals surface area (Å²) in [6.07, 6.45) is 0. The molecule has 1 heterocycles. The summed E-state index contributed by atoms with van der Waals surface area (Å²) >= 11 is 3.22. The second kappa shape index (κ2) is 5.82. The maximum Gasteiger partial charge on any atom is 0.269 e. The third kappa shape index (κ3) is 4.40. The van der Waals surface area contributed by atoms with Crippen molar-refractivity contribution in [3.05, 3.63) is 28.5 Å². The highest BCUT2D eigenvalue weighted by atomic mass is 79.9. The van der Waals surface area contributed by atoms with Gasteiger partial charge in [0, 0.05) is 13.1 Å². The number of carbonyl (C=O) groups excluding carboxylic acids is 1. The number of carbonyl (C=O) groups is 1. The predicted octanol–water partition coefficient (Wildman–Crippen LogP) is 1.14. The highest BCUT2D eigenvalue weighted by Gasteiger charge is 2.06. The Bertz CT molecular complexity index is 341. The molecule has 1 amide bonds. The molecule has 0 fully saturated rings. The van der Waals surface area contributed by atoms with Crippen LogP contribution in [0.2, 0.25) is 0 Å². The number of likely N-dealkylation sites (N-methyl/N-ethyl adjacent to an activating group) is 1. The molecule has 1 aromatic heterocycles. The van der Waals surface area contributed by atoms with E-state index in [9.17, 15) is 4.79 Å². The monoisotopic (exact) mass is 271 g/mol. The quantitative estimate of drug-likeness (QED) is 0.836. The fraction of sp³-hybridized carbons (Fsp3) is 0.400. The summed E-state index contributed by atoms with van der Waals surface area (Å²) in [7, 11) is 3.92. The number of hydrogen-bond acceptors (Lipinski definition) is 3. The zero-order valence-corrected chi connectivity index (χ0v) is 10.4. The lowest BCUT2D eigenvalue weighted by Gasteiger charge is -2.09. The van der Waals surface area contributed by atoms with Gasteiger partial charge in [0.2, 0.25) is 0 Å². The maximum absolute atomic E-state index is 11.6. The van der Waals surface area contributed by atoms with Crippen molar-refractivity contribution < 1.29 is 4.79 Å². The average Bonchev–Trinajstić information content (AvgIpc) is 2.17. The first-order valence-electron chi connectivity index (χ1n) is 4.65. The van der Waals surface area contributed by atoms with Crippen molar-refractivity contribution >= 4 is 21.8 Å². The number of nitrogens with zero attached hydrogens (tertiary/aromatic N) is 2. The molecule has 0 aliphatic heterocycles. The van der Waals surface area contributed by atoms with Gasteiger partial charge in [-0.15, -0.1) is 0 Å². The lowest BCUT2D eigenvalue weighted by molar-refractivity contribution is 0.0946. The molecule has 0 aromatic carbocycles. The minimum atomic E-state index is -0.141. The van der Waals surface area contributed by atoms with Gasteiger partial charge < -0.3 is 10.2 Å². The fourth-order valence-electron chi connectivity index (χ4n) is 1.02. The van der Waals surface area contributed by atoms with Crippen LogP contribution in [-0.2, 0) is 0 Å². The van der Waals surface area contributed by atoms with Crippen molar-refractivity contribution in [2.45, 2.75) is 0 Å². The van der Waals surface area contributed by atoms with Gasteiger partial charge in [0.25, 0.3) is 5.91 Å². The SMILES string of the molecule is CN(C)CCNC(=O)c1cccc(Br)n1. The smallest absolute Gasteiger partial charge is 0.269 e. The van der Waals surface area contributed by atoms with Gasteiger partial charge in [-0.1, -0.05) is 6.07 Å². The zero-order chi connectivity index (χ0) is 11.3. The zero-order valence-electron chi connectivity index (χ0n) is 8.83. The van der Waals surface area contributed by atoms with Gasteiger partial charge in [0.1, 0.15) is 10.3 Å². The second-order valence-corrected chi connectivity index (χ2v) is 4.22. The molecule has 15 heavy (non-hydrogen) atoms. The normalized spacial score (nSPS) is 10.4. The van der Waals surface area contributed by atoms with Crippen molar-refractivity contribution in [2.75, 3.05) is 27.2 Å². The molecule has 82 valence electrons. The molecule has 1 rings (SSSR count). The van der Waals surface area contributed by atoms with Crippen molar-refractivity contribution in [2.24, 2.45) is 0 Å². The topological polar surface area (TPSA) is 45.2 Å². The van der Waals surface area contributed by atoms with Crippen LogP contribution < -0.4 is 5.32 Å². The van der Waals surface area contributed by atoms with Gasteiger partial charge in [0.15, 0.2) is 0 Å². The summed E-state index contributed by atoms with van der Waals surface area (Å²) in [6, 6.07) is 5.27. The van der Waals surface area contributed by atoms with Crippen molar-refractivity contribution in [3.8, 4) is 0 Å². The molecule has 0 saturated carbocycles. The number of aromatic nitrogens is 1. The molecular formula is C10H14BrN3O. The average molecular weight is 272 g/mol. The Hall–Kier alpha value is -0.940. The van der Waals surface area contributed by atoms with Crippen LogP contribution in [0.25, 0.3) is 0 Å². The Kier molecular flexibility index (Phi) is 4.71. The molecule has 5 heteroatoms. The van der Waals surface area contributed by atoms with E-state index in [1.807, 2.05) is 19.0 Å². The molecule has 0 atom stereocenters. The predicted molar refractivity (Wildman–Crippen MR) is 62.8 cm³/mol. The summed E-state index contributed by atoms with van der Waals surface area (Å²) in [6.45, 7) is 1.44. The third-order valence-corrected chi connectivity index (χ3v) is 2.23. The molecule has 0 unspecified atom stereocenters. The summed E-state index contributed by atoms with van der Waals surface area (Å²) in [4.78, 5) is 17.6. The van der Waals surface area contributed by atoms with Gasteiger partial charge in [-0.05, 0) is 42.2 Å². The minimum absolute atomic E-state index is 0.141. The number of hydrogen-bond donors (Lipinski definition) is 1. The van der Waals surface area contributed by atoms with Gasteiger partial charge >= 0.3 is 0 Å². The van der Waals surface area contributed by atoms with Crippen LogP contribution >= 0.6 is 15.9 Å². The molecule has 1 aromatic rings. The van der Waals surface area contributed by atoms with Crippen LogP contribution in [0.1, 0.15) is 10.5 Å². The van der Waals surface area contributed by atoms with Crippen molar-refractivity contribution in [3.63, 3.8) is 0 Å². The molecule has 1 N–H and O–H groups in total. The molecule has 0 spiro atoms. The largest absolute Gasteiger partial charge is 0.349 e. The number of amides is 1. The van der Waals surface area contributed by atoms with Crippen LogP contribution in [-0.4, -0.2) is 43.0 Å². The van der Waals surface area contributed by atoms with Gasteiger partial charge in [-0.2, -0.15) is 0 Å². The van der Waals surface area contributed by atoms with Crippen molar-refractivity contribution in [1.29, 1.82) is 0 Å². The summed E-state index contributed by atoms with van der Waals surface area (Å²) in [5, 5.41) is 2.79. The summed E-state index contributed by atoms with van der Waals surface area (Å²) in [5.74, 6) is -0.141. The summed E-state index contributed by atoms with van der Waals surface area (Å²) < 4.78 is 0.669. The molecule has 0 saturated heterocycles. The number of pyridine rings is 1. The minimum Gasteiger partial charge on any atom is -0.349 e. The standard InChI is InChI=1S/C10H14BrN3O/c1-14(2)7-6-12-10(15)8-4-3-5-9(11)13-8/h3-5H,6-7H2,1-2H3,(H,12,15). The van der Waals surface area contributed by atoms with E-state index < -0.39 is 0 Å². The van der Waals surface area contributed by atoms with E-state index in [0.29, 0.717) is 16.8 Å². The summed E-state index contributed by atoms with van der Waals surface area (Å²) in [5.41, 5.74) is 0.433. The molecule has 0 aliphatic carbocycles. The maximum atomic E-state index is 11.6. The first-order valence-corrected chi connectivity index (χ1v) is 5.44. The van der Waals surface area contributed by atoms with E-state index in [4.69, 9.17) is 0 Å². The van der Waals surface area contributed by atoms with Crippen LogP contribution in [0, 0.1) is 0 Å². The van der Waals surface area contributed by atoms with E-state index in [1.54, 1.807) is 18.2 Å². The van der Waals surface area contributed by atoms with E-state index in [2.05, 4.69) is 26.2 Å². The Morgan fingerprint density at radius 3 is 2.87 bits per heavy atom. The van der Waals surface area contributed by atoms with E-state index in [-0.39, 0.29) is 5.91 Å². The lowest BCUT2D eigenvalue weighted by Crippen LogP contribution is -2.31. The van der Waals surface area contributed by atoms with E-state index in [1.165, 1.54) is 0 Å². The van der Waals surface area contributed by atoms with Crippen LogP contribution in [0.3, 0.4) is 0 Å². The van der Waals surface area contributed by atoms with E-state index in [0.717, 1.165) is 6.54 Å². The van der Waals surface area contributed by atoms with Gasteiger partial charge in [-0.3, -0.25) is 4.79 Å². The van der Waals surface area contributed by atoms with Crippen LogP contribution in [0.5, 0.6) is 0 Å². The molecular weight excluding hydrogens is 258 g/mol. The Balaban J connectivity index is 2.47. The molecule has 0 bridgehead atoms. The molecule has 4 nitrogen and oxygen atoms in total. The Morgan fingerprint density at radius 1 is 1.53 bits per heavy atom. The first-order chi connectivity index (χ1) is 7.09. The third-order valence-electron chi connectivity index (χ3n) is 1.79. The molecule has 0 radical (unpaired) electrons. The highest BCUT2D eigenvalue weighted by molar-refractivity contribution is 9.10. The van der Waals surface area contributed by atoms with Crippen molar-refractivity contribution in [1.82, 2.24) is 15.2 Å². The Labute approximate surface area is 97.8 Å². The lowest BCUT2D eigenvalue weighted by atomic mass is 10.3. The number of nitrogens with one attached hydrogen (secondary N) is 1. The Morgan fingerprint density at radius 2 is 2.27 bits per heavy atom. The van der Waals surface area contributed by atoms with Gasteiger partial charge in [0.05, 0.1) is 0 Å². The number of rotatable bonds is 4. The van der Waals surface area contributed by atoms with E-state index >= 15 is 0 Å². The number of halogens is 1. The fourth-order valence-corrected chi connectivity index (χ4v) is 1.36. The van der Waals surface area contributed by atoms with Crippen LogP contribution in [0.15, 0.2) is 22.8 Å². The van der Waals surface area contributed by atoms with Crippen LogP contribution in [0.4, 0.5) is 0 Å². The second-order valence-electron chi connectivity index (χ2n) is 3.40. The molecule has 0 aliphatic rings. The van der Waals surface area contributed by atoms with Gasteiger partial charge in [-0.25, -0.2) is 4.98 Å². The highest BCUT2D eigenvalue weighted by Crippen LogP contribution is 2.05. The first kappa shape index (κ1) is 12.1.